The van der Waals surface area contributed by atoms with Gasteiger partial charge in [-0.1, -0.05) is 24.6 Å². The molecule has 2 aromatic heterocycles. The van der Waals surface area contributed by atoms with Crippen LogP contribution in [0.15, 0.2) is 30.5 Å². The van der Waals surface area contributed by atoms with E-state index in [9.17, 15) is 9.90 Å². The van der Waals surface area contributed by atoms with Gasteiger partial charge in [-0.15, -0.1) is 0 Å². The third-order valence-electron chi connectivity index (χ3n) is 5.16. The summed E-state index contributed by atoms with van der Waals surface area (Å²) >= 11 is 6.14. The SMILES string of the molecule is Cc1nc(C(N)=O)c([C@@H](C)Cn2ccc(-c3ccc(C#N)c(Cl)c3)n2)n1CCC(C)O. The van der Waals surface area contributed by atoms with Crippen molar-refractivity contribution < 1.29 is 9.90 Å². The van der Waals surface area contributed by atoms with Gasteiger partial charge in [-0.2, -0.15) is 10.4 Å². The Kier molecular flexibility index (Phi) is 6.78. The number of hydrogen-bond donors (Lipinski definition) is 2. The number of carbonyl (C=O) groups excluding carboxylic acids is 1. The molecule has 3 rings (SSSR count). The number of nitrogens with zero attached hydrogens (tertiary/aromatic N) is 5. The second kappa shape index (κ2) is 9.33. The molecule has 1 aromatic carbocycles. The highest BCUT2D eigenvalue weighted by Gasteiger charge is 2.24. The van der Waals surface area contributed by atoms with Gasteiger partial charge in [0.15, 0.2) is 0 Å². The van der Waals surface area contributed by atoms with Crippen LogP contribution in [0.4, 0.5) is 0 Å². The van der Waals surface area contributed by atoms with Crippen LogP contribution in [0, 0.1) is 18.3 Å². The van der Waals surface area contributed by atoms with Crippen LogP contribution in [0.2, 0.25) is 5.02 Å². The van der Waals surface area contributed by atoms with E-state index in [-0.39, 0.29) is 11.6 Å². The minimum atomic E-state index is -0.575. The van der Waals surface area contributed by atoms with Crippen LogP contribution >= 0.6 is 11.6 Å². The first-order valence-electron chi connectivity index (χ1n) is 9.99. The van der Waals surface area contributed by atoms with Crippen LogP contribution in [0.5, 0.6) is 0 Å². The molecule has 8 nitrogen and oxygen atoms in total. The van der Waals surface area contributed by atoms with Gasteiger partial charge >= 0.3 is 0 Å². The fourth-order valence-corrected chi connectivity index (χ4v) is 3.83. The zero-order valence-electron chi connectivity index (χ0n) is 17.7. The highest BCUT2D eigenvalue weighted by atomic mass is 35.5. The number of nitriles is 1. The Hall–Kier alpha value is -3.15. The van der Waals surface area contributed by atoms with Crippen molar-refractivity contribution in [3.05, 3.63) is 58.3 Å². The molecule has 0 aliphatic heterocycles. The number of primary amides is 1. The second-order valence-electron chi connectivity index (χ2n) is 7.68. The Morgan fingerprint density at radius 3 is 2.71 bits per heavy atom. The zero-order chi connectivity index (χ0) is 22.7. The van der Waals surface area contributed by atoms with Gasteiger partial charge in [0.2, 0.25) is 0 Å². The molecule has 31 heavy (non-hydrogen) atoms. The lowest BCUT2D eigenvalue weighted by atomic mass is 10.0. The molecule has 0 spiro atoms. The monoisotopic (exact) mass is 440 g/mol. The van der Waals surface area contributed by atoms with Gasteiger partial charge in [-0.25, -0.2) is 4.98 Å². The van der Waals surface area contributed by atoms with Crippen LogP contribution in [0.3, 0.4) is 0 Å². The molecule has 0 aliphatic carbocycles. The number of halogens is 1. The molecule has 162 valence electrons. The van der Waals surface area contributed by atoms with Crippen LogP contribution in [-0.2, 0) is 13.1 Å². The van der Waals surface area contributed by atoms with E-state index in [2.05, 4.69) is 10.1 Å². The summed E-state index contributed by atoms with van der Waals surface area (Å²) in [6.07, 6.45) is 1.93. The first-order valence-corrected chi connectivity index (χ1v) is 10.4. The number of amides is 1. The number of aliphatic hydroxyl groups excluding tert-OH is 1. The van der Waals surface area contributed by atoms with Gasteiger partial charge in [-0.3, -0.25) is 9.48 Å². The van der Waals surface area contributed by atoms with Gasteiger partial charge in [0.05, 0.1) is 28.1 Å². The average molecular weight is 441 g/mol. The van der Waals surface area contributed by atoms with E-state index in [1.165, 1.54) is 0 Å². The summed E-state index contributed by atoms with van der Waals surface area (Å²) in [4.78, 5) is 16.4. The van der Waals surface area contributed by atoms with Crippen molar-refractivity contribution in [2.75, 3.05) is 0 Å². The van der Waals surface area contributed by atoms with E-state index in [1.807, 2.05) is 36.7 Å². The predicted octanol–water partition coefficient (Wildman–Crippen LogP) is 3.25. The summed E-state index contributed by atoms with van der Waals surface area (Å²) in [5, 5.41) is 23.7. The smallest absolute Gasteiger partial charge is 0.269 e. The summed E-state index contributed by atoms with van der Waals surface area (Å²) in [5.74, 6) is 0.00815. The maximum atomic E-state index is 12.0. The van der Waals surface area contributed by atoms with Gasteiger partial charge in [0.25, 0.3) is 5.91 Å². The Bertz CT molecular complexity index is 1140. The number of nitrogens with two attached hydrogens (primary N) is 1. The molecule has 2 heterocycles. The van der Waals surface area contributed by atoms with Crippen LogP contribution < -0.4 is 5.73 Å². The van der Waals surface area contributed by atoms with E-state index in [0.29, 0.717) is 35.9 Å². The molecule has 1 unspecified atom stereocenters. The standard InChI is InChI=1S/C22H25ClN6O2/c1-13(21-20(22(25)31)26-15(3)29(21)9-6-14(2)30)12-28-8-7-19(27-28)16-4-5-17(11-24)18(23)10-16/h4-5,7-8,10,13-14,30H,6,9,12H2,1-3H3,(H2,25,31)/t13-,14?/m0/s1. The number of aromatic nitrogens is 4. The number of aliphatic hydroxyl groups is 1. The fourth-order valence-electron chi connectivity index (χ4n) is 3.61. The number of carbonyl (C=O) groups is 1. The van der Waals surface area contributed by atoms with Gasteiger partial charge < -0.3 is 15.4 Å². The Labute approximate surface area is 185 Å². The van der Waals surface area contributed by atoms with Crippen molar-refractivity contribution >= 4 is 17.5 Å². The lowest BCUT2D eigenvalue weighted by molar-refractivity contribution is 0.0994. The Morgan fingerprint density at radius 1 is 1.35 bits per heavy atom. The van der Waals surface area contributed by atoms with Crippen molar-refractivity contribution in [1.82, 2.24) is 19.3 Å². The van der Waals surface area contributed by atoms with Crippen LogP contribution in [0.25, 0.3) is 11.3 Å². The first-order chi connectivity index (χ1) is 14.7. The number of rotatable bonds is 8. The van der Waals surface area contributed by atoms with Crippen molar-refractivity contribution in [2.24, 2.45) is 5.73 Å². The summed E-state index contributed by atoms with van der Waals surface area (Å²) < 4.78 is 3.74. The fraction of sp³-hybridized carbons (Fsp3) is 0.364. The minimum Gasteiger partial charge on any atom is -0.393 e. The normalized spacial score (nSPS) is 13.0. The molecular weight excluding hydrogens is 416 g/mol. The molecule has 0 fully saturated rings. The summed E-state index contributed by atoms with van der Waals surface area (Å²) in [7, 11) is 0. The third kappa shape index (κ3) is 4.95. The van der Waals surface area contributed by atoms with E-state index in [4.69, 9.17) is 22.6 Å². The quantitative estimate of drug-likeness (QED) is 0.556. The average Bonchev–Trinajstić information content (AvgIpc) is 3.30. The number of imidazole rings is 1. The van der Waals surface area contributed by atoms with E-state index in [0.717, 1.165) is 17.0 Å². The molecule has 1 amide bonds. The zero-order valence-corrected chi connectivity index (χ0v) is 18.5. The summed E-state index contributed by atoms with van der Waals surface area (Å²) in [6, 6.07) is 9.11. The van der Waals surface area contributed by atoms with Gasteiger partial charge in [0.1, 0.15) is 17.6 Å². The van der Waals surface area contributed by atoms with E-state index in [1.54, 1.807) is 29.8 Å². The lowest BCUT2D eigenvalue weighted by Gasteiger charge is -2.18. The highest BCUT2D eigenvalue weighted by Crippen LogP contribution is 2.26. The van der Waals surface area contributed by atoms with E-state index < -0.39 is 12.0 Å². The minimum absolute atomic E-state index is 0.102. The van der Waals surface area contributed by atoms with Crippen LogP contribution in [-0.4, -0.2) is 36.4 Å². The van der Waals surface area contributed by atoms with Crippen molar-refractivity contribution in [1.29, 1.82) is 5.26 Å². The maximum Gasteiger partial charge on any atom is 0.269 e. The second-order valence-corrected chi connectivity index (χ2v) is 8.08. The molecule has 9 heteroatoms. The maximum absolute atomic E-state index is 12.0. The topological polar surface area (TPSA) is 123 Å². The van der Waals surface area contributed by atoms with Gasteiger partial charge in [0, 0.05) is 30.8 Å². The molecule has 0 aliphatic rings. The molecule has 0 radical (unpaired) electrons. The van der Waals surface area contributed by atoms with Gasteiger partial charge in [-0.05, 0) is 38.5 Å². The number of aryl methyl sites for hydroxylation is 1. The number of benzene rings is 1. The van der Waals surface area contributed by atoms with Crippen LogP contribution in [0.1, 0.15) is 53.8 Å². The Balaban J connectivity index is 1.87. The van der Waals surface area contributed by atoms with Crippen molar-refractivity contribution in [2.45, 2.75) is 52.3 Å². The largest absolute Gasteiger partial charge is 0.393 e. The molecular formula is C22H25ClN6O2. The van der Waals surface area contributed by atoms with E-state index >= 15 is 0 Å². The molecule has 0 saturated carbocycles. The molecule has 0 saturated heterocycles. The Morgan fingerprint density at radius 2 is 2.10 bits per heavy atom. The van der Waals surface area contributed by atoms with Crippen molar-refractivity contribution in [3.63, 3.8) is 0 Å². The first kappa shape index (κ1) is 22.5. The summed E-state index contributed by atoms with van der Waals surface area (Å²) in [5.41, 5.74) is 8.53. The molecule has 0 bridgehead atoms. The van der Waals surface area contributed by atoms with Crippen molar-refractivity contribution in [3.8, 4) is 17.3 Å². The third-order valence-corrected chi connectivity index (χ3v) is 5.47. The molecule has 3 aromatic rings. The predicted molar refractivity (Wildman–Crippen MR) is 118 cm³/mol. The molecule has 2 atom stereocenters. The highest BCUT2D eigenvalue weighted by molar-refractivity contribution is 6.32. The summed E-state index contributed by atoms with van der Waals surface area (Å²) in [6.45, 7) is 6.58. The number of hydrogen-bond acceptors (Lipinski definition) is 5. The lowest BCUT2D eigenvalue weighted by Crippen LogP contribution is -2.20. The molecule has 3 N–H and O–H groups in total.